The van der Waals surface area contributed by atoms with Gasteiger partial charge in [-0.3, -0.25) is 4.98 Å². The number of methoxy groups -OCH3 is 2. The summed E-state index contributed by atoms with van der Waals surface area (Å²) in [5.74, 6) is 1.50. The van der Waals surface area contributed by atoms with E-state index in [0.29, 0.717) is 0 Å². The van der Waals surface area contributed by atoms with Crippen LogP contribution in [0.5, 0.6) is 11.5 Å². The average Bonchev–Trinajstić information content (AvgIpc) is 3.39. The van der Waals surface area contributed by atoms with Crippen LogP contribution in [0.2, 0.25) is 0 Å². The van der Waals surface area contributed by atoms with E-state index < -0.39 is 0 Å². The van der Waals surface area contributed by atoms with Crippen molar-refractivity contribution in [1.29, 1.82) is 0 Å². The van der Waals surface area contributed by atoms with Crippen molar-refractivity contribution >= 4 is 22.7 Å². The molecule has 1 aliphatic carbocycles. The molecule has 0 bridgehead atoms. The standard InChI is InChI=1S/C21H22N4O2S/c1-26-17-9-10-18(20(12-17)27-2)19-14-28-21(23-16-8-5-11-22-13-16)25(19)24-15-6-3-4-7-15/h5,8-14H,3-4,6-7H2,1-2H3. The number of ether oxygens (including phenoxy) is 2. The Morgan fingerprint density at radius 2 is 1.96 bits per heavy atom. The van der Waals surface area contributed by atoms with Crippen LogP contribution in [0.15, 0.2) is 58.2 Å². The van der Waals surface area contributed by atoms with Crippen molar-refractivity contribution in [2.75, 3.05) is 14.2 Å². The zero-order chi connectivity index (χ0) is 19.3. The zero-order valence-electron chi connectivity index (χ0n) is 16.0. The van der Waals surface area contributed by atoms with Crippen LogP contribution in [-0.2, 0) is 0 Å². The zero-order valence-corrected chi connectivity index (χ0v) is 16.8. The maximum absolute atomic E-state index is 5.62. The Hall–Kier alpha value is -2.93. The lowest BCUT2D eigenvalue weighted by atomic mass is 10.1. The molecule has 0 amide bonds. The minimum atomic E-state index is 0.741. The molecule has 0 aliphatic heterocycles. The smallest absolute Gasteiger partial charge is 0.211 e. The van der Waals surface area contributed by atoms with E-state index in [2.05, 4.69) is 10.4 Å². The fourth-order valence-electron chi connectivity index (χ4n) is 3.22. The van der Waals surface area contributed by atoms with Gasteiger partial charge in [0.05, 0.1) is 31.8 Å². The third-order valence-electron chi connectivity index (χ3n) is 4.66. The highest BCUT2D eigenvalue weighted by atomic mass is 32.1. The minimum Gasteiger partial charge on any atom is -0.497 e. The number of thiazole rings is 1. The normalized spacial score (nSPS) is 14.4. The van der Waals surface area contributed by atoms with Gasteiger partial charge in [0.25, 0.3) is 0 Å². The second-order valence-corrected chi connectivity index (χ2v) is 7.31. The molecular weight excluding hydrogens is 372 g/mol. The third kappa shape index (κ3) is 3.84. The average molecular weight is 395 g/mol. The minimum absolute atomic E-state index is 0.741. The van der Waals surface area contributed by atoms with Gasteiger partial charge in [-0.05, 0) is 49.9 Å². The molecule has 144 valence electrons. The molecule has 1 aromatic carbocycles. The van der Waals surface area contributed by atoms with Crippen molar-refractivity contribution in [3.05, 3.63) is 52.9 Å². The number of benzene rings is 1. The first-order chi connectivity index (χ1) is 13.8. The lowest BCUT2D eigenvalue weighted by Gasteiger charge is -2.11. The summed E-state index contributed by atoms with van der Waals surface area (Å²) in [7, 11) is 3.31. The lowest BCUT2D eigenvalue weighted by Crippen LogP contribution is -2.13. The van der Waals surface area contributed by atoms with Crippen LogP contribution < -0.4 is 14.3 Å². The van der Waals surface area contributed by atoms with Crippen LogP contribution >= 0.6 is 11.3 Å². The summed E-state index contributed by atoms with van der Waals surface area (Å²) < 4.78 is 12.9. The molecule has 0 spiro atoms. The Kier molecular flexibility index (Phi) is 5.53. The van der Waals surface area contributed by atoms with E-state index in [1.807, 2.05) is 35.0 Å². The maximum atomic E-state index is 5.62. The third-order valence-corrected chi connectivity index (χ3v) is 5.48. The van der Waals surface area contributed by atoms with E-state index in [4.69, 9.17) is 19.6 Å². The highest BCUT2D eigenvalue weighted by Crippen LogP contribution is 2.34. The van der Waals surface area contributed by atoms with Gasteiger partial charge in [-0.2, -0.15) is 5.10 Å². The van der Waals surface area contributed by atoms with Gasteiger partial charge in [-0.1, -0.05) is 0 Å². The van der Waals surface area contributed by atoms with Crippen LogP contribution in [0.1, 0.15) is 25.7 Å². The molecule has 0 unspecified atom stereocenters. The topological polar surface area (TPSA) is 61.0 Å². The van der Waals surface area contributed by atoms with E-state index in [9.17, 15) is 0 Å². The van der Waals surface area contributed by atoms with Crippen molar-refractivity contribution < 1.29 is 9.47 Å². The number of hydrogen-bond acceptors (Lipinski definition) is 6. The molecule has 2 heterocycles. The van der Waals surface area contributed by atoms with Crippen molar-refractivity contribution in [1.82, 2.24) is 9.66 Å². The van der Waals surface area contributed by atoms with E-state index >= 15 is 0 Å². The summed E-state index contributed by atoms with van der Waals surface area (Å²) in [6.45, 7) is 0. The van der Waals surface area contributed by atoms with Crippen LogP contribution in [0.4, 0.5) is 5.69 Å². The quantitative estimate of drug-likeness (QED) is 0.633. The molecule has 4 rings (SSSR count). The van der Waals surface area contributed by atoms with E-state index in [1.165, 1.54) is 18.6 Å². The van der Waals surface area contributed by atoms with Crippen LogP contribution in [0.3, 0.4) is 0 Å². The Balaban J connectivity index is 1.89. The van der Waals surface area contributed by atoms with Crippen LogP contribution in [0, 0.1) is 0 Å². The van der Waals surface area contributed by atoms with Gasteiger partial charge in [-0.15, -0.1) is 11.3 Å². The molecule has 1 aliphatic rings. The first-order valence-corrected chi connectivity index (χ1v) is 10.1. The number of rotatable bonds is 5. The highest BCUT2D eigenvalue weighted by molar-refractivity contribution is 7.07. The molecule has 6 nitrogen and oxygen atoms in total. The van der Waals surface area contributed by atoms with Gasteiger partial charge in [-0.25, -0.2) is 9.67 Å². The molecule has 0 atom stereocenters. The summed E-state index contributed by atoms with van der Waals surface area (Å²) in [4.78, 5) is 9.73. The summed E-state index contributed by atoms with van der Waals surface area (Å²) in [6, 6.07) is 9.64. The predicted molar refractivity (Wildman–Crippen MR) is 112 cm³/mol. The SMILES string of the molecule is COc1ccc(-c2csc(=Nc3cccnc3)n2N=C2CCCC2)c(OC)c1. The Morgan fingerprint density at radius 3 is 2.68 bits per heavy atom. The summed E-state index contributed by atoms with van der Waals surface area (Å²) in [5, 5.41) is 7.02. The fourth-order valence-corrected chi connectivity index (χ4v) is 4.07. The largest absolute Gasteiger partial charge is 0.497 e. The Bertz CT molecular complexity index is 1050. The van der Waals surface area contributed by atoms with Gasteiger partial charge in [0.2, 0.25) is 4.80 Å². The van der Waals surface area contributed by atoms with Gasteiger partial charge in [0.1, 0.15) is 11.5 Å². The monoisotopic (exact) mass is 394 g/mol. The van der Waals surface area contributed by atoms with Crippen molar-refractivity contribution in [2.24, 2.45) is 10.1 Å². The van der Waals surface area contributed by atoms with Gasteiger partial charge in [0.15, 0.2) is 0 Å². The van der Waals surface area contributed by atoms with E-state index in [-0.39, 0.29) is 0 Å². The second-order valence-electron chi connectivity index (χ2n) is 6.48. The summed E-state index contributed by atoms with van der Waals surface area (Å²) in [5.41, 5.74) is 3.92. The molecule has 1 saturated carbocycles. The number of hydrogen-bond donors (Lipinski definition) is 0. The first-order valence-electron chi connectivity index (χ1n) is 9.23. The number of aromatic nitrogens is 2. The van der Waals surface area contributed by atoms with Gasteiger partial charge in [0, 0.05) is 28.9 Å². The molecule has 28 heavy (non-hydrogen) atoms. The maximum Gasteiger partial charge on any atom is 0.211 e. The van der Waals surface area contributed by atoms with E-state index in [1.54, 1.807) is 38.0 Å². The van der Waals surface area contributed by atoms with Gasteiger partial charge < -0.3 is 9.47 Å². The summed E-state index contributed by atoms with van der Waals surface area (Å²) >= 11 is 1.55. The molecule has 3 aromatic rings. The second kappa shape index (κ2) is 8.39. The lowest BCUT2D eigenvalue weighted by molar-refractivity contribution is 0.395. The Labute approximate surface area is 167 Å². The number of pyridine rings is 1. The van der Waals surface area contributed by atoms with Crippen molar-refractivity contribution in [3.8, 4) is 22.8 Å². The molecule has 0 N–H and O–H groups in total. The molecular formula is C21H22N4O2S. The fraction of sp³-hybridized carbons (Fsp3) is 0.286. The van der Waals surface area contributed by atoms with Gasteiger partial charge >= 0.3 is 0 Å². The van der Waals surface area contributed by atoms with E-state index in [0.717, 1.165) is 46.1 Å². The van der Waals surface area contributed by atoms with Crippen LogP contribution in [0.25, 0.3) is 11.3 Å². The highest BCUT2D eigenvalue weighted by Gasteiger charge is 2.16. The molecule has 0 saturated heterocycles. The molecule has 2 aromatic heterocycles. The van der Waals surface area contributed by atoms with Crippen LogP contribution in [-0.4, -0.2) is 29.6 Å². The Morgan fingerprint density at radius 1 is 1.11 bits per heavy atom. The van der Waals surface area contributed by atoms with Crippen molar-refractivity contribution in [2.45, 2.75) is 25.7 Å². The van der Waals surface area contributed by atoms with Crippen molar-refractivity contribution in [3.63, 3.8) is 0 Å². The summed E-state index contributed by atoms with van der Waals surface area (Å²) in [6.07, 6.45) is 7.96. The molecule has 0 radical (unpaired) electrons. The molecule has 1 fully saturated rings. The number of nitrogens with zero attached hydrogens (tertiary/aromatic N) is 4. The molecule has 7 heteroatoms. The predicted octanol–water partition coefficient (Wildman–Crippen LogP) is 4.64. The first kappa shape index (κ1) is 18.4.